The molecule has 1 aliphatic carbocycles. The van der Waals surface area contributed by atoms with Gasteiger partial charge >= 0.3 is 0 Å². The van der Waals surface area contributed by atoms with Crippen molar-refractivity contribution < 1.29 is 4.74 Å². The molecular weight excluding hydrogens is 715 g/mol. The van der Waals surface area contributed by atoms with Gasteiger partial charge in [-0.3, -0.25) is 0 Å². The predicted octanol–water partition coefficient (Wildman–Crippen LogP) is 15.9. The minimum absolute atomic E-state index is 0.111. The van der Waals surface area contributed by atoms with E-state index >= 15 is 0 Å². The highest BCUT2D eigenvalue weighted by atomic mass is 16.5. The molecule has 2 aliphatic rings. The minimum atomic E-state index is -0.111. The number of nitrogens with zero attached hydrogens (tertiary/aromatic N) is 1. The Kier molecular flexibility index (Phi) is 8.20. The highest BCUT2D eigenvalue weighted by Gasteiger charge is 2.36. The van der Waals surface area contributed by atoms with Crippen molar-refractivity contribution in [3.8, 4) is 78.3 Å². The summed E-state index contributed by atoms with van der Waals surface area (Å²) in [5.74, 6) is 1.72. The van der Waals surface area contributed by atoms with Gasteiger partial charge in [-0.2, -0.15) is 0 Å². The number of fused-ring (bicyclic) bond motifs is 8. The van der Waals surface area contributed by atoms with Gasteiger partial charge in [0.2, 0.25) is 0 Å². The van der Waals surface area contributed by atoms with Gasteiger partial charge in [0, 0.05) is 39.2 Å². The maximum atomic E-state index is 6.96. The van der Waals surface area contributed by atoms with E-state index in [9.17, 15) is 0 Å². The molecule has 9 aromatic carbocycles. The van der Waals surface area contributed by atoms with Gasteiger partial charge in [-0.05, 0) is 110 Å². The minimum Gasteiger partial charge on any atom is -0.455 e. The second kappa shape index (κ2) is 13.9. The fourth-order valence-corrected chi connectivity index (χ4v) is 9.29. The van der Waals surface area contributed by atoms with Gasteiger partial charge < -0.3 is 9.64 Å². The van der Waals surface area contributed by atoms with Crippen molar-refractivity contribution in [2.45, 2.75) is 19.3 Å². The van der Waals surface area contributed by atoms with Gasteiger partial charge in [0.25, 0.3) is 0 Å². The lowest BCUT2D eigenvalue weighted by molar-refractivity contribution is 0.489. The van der Waals surface area contributed by atoms with Gasteiger partial charge in [-0.15, -0.1) is 0 Å². The van der Waals surface area contributed by atoms with E-state index in [4.69, 9.17) is 4.74 Å². The molecule has 280 valence electrons. The van der Waals surface area contributed by atoms with Crippen molar-refractivity contribution in [2.24, 2.45) is 0 Å². The summed E-state index contributed by atoms with van der Waals surface area (Å²) < 4.78 is 6.96. The van der Waals surface area contributed by atoms with Crippen LogP contribution in [0, 0.1) is 0 Å². The molecule has 1 heterocycles. The maximum absolute atomic E-state index is 6.96. The van der Waals surface area contributed by atoms with E-state index in [2.05, 4.69) is 231 Å². The Morgan fingerprint density at radius 2 is 0.831 bits per heavy atom. The maximum Gasteiger partial charge on any atom is 0.143 e. The highest BCUT2D eigenvalue weighted by Crippen LogP contribution is 2.53. The smallest absolute Gasteiger partial charge is 0.143 e. The van der Waals surface area contributed by atoms with Crippen LogP contribution in [0.1, 0.15) is 25.0 Å². The van der Waals surface area contributed by atoms with Crippen molar-refractivity contribution in [2.75, 3.05) is 4.90 Å². The van der Waals surface area contributed by atoms with Crippen molar-refractivity contribution in [3.05, 3.63) is 223 Å². The largest absolute Gasteiger partial charge is 0.455 e. The van der Waals surface area contributed by atoms with Crippen LogP contribution in [-0.4, -0.2) is 0 Å². The van der Waals surface area contributed by atoms with Crippen LogP contribution in [0.5, 0.6) is 11.5 Å². The number of hydrogen-bond donors (Lipinski definition) is 0. The zero-order valence-electron chi connectivity index (χ0n) is 33.1. The number of para-hydroxylation sites is 2. The van der Waals surface area contributed by atoms with E-state index in [0.717, 1.165) is 56.4 Å². The topological polar surface area (TPSA) is 12.5 Å². The molecule has 0 N–H and O–H groups in total. The first-order valence-corrected chi connectivity index (χ1v) is 20.4. The van der Waals surface area contributed by atoms with E-state index in [0.29, 0.717) is 0 Å². The fraction of sp³-hybridized carbons (Fsp3) is 0.0526. The molecule has 59 heavy (non-hydrogen) atoms. The SMILES string of the molecule is CC1(C)c2ccccc2-c2ccc(N(c3ccc(-c4ccccc4)cc3)c3ccc(-c4cccc5c4Oc4ccccc4-c4cc(-c6ccccc6)ccc4-5)cc3)cc21. The molecule has 0 radical (unpaired) electrons. The lowest BCUT2D eigenvalue weighted by Gasteiger charge is -2.28. The van der Waals surface area contributed by atoms with Crippen LogP contribution in [0.2, 0.25) is 0 Å². The second-order valence-electron chi connectivity index (χ2n) is 16.1. The van der Waals surface area contributed by atoms with Gasteiger partial charge in [-0.25, -0.2) is 0 Å². The molecule has 0 aromatic heterocycles. The zero-order valence-corrected chi connectivity index (χ0v) is 33.1. The van der Waals surface area contributed by atoms with Crippen molar-refractivity contribution in [1.29, 1.82) is 0 Å². The Bertz CT molecular complexity index is 3020. The number of benzene rings is 9. The predicted molar refractivity (Wildman–Crippen MR) is 246 cm³/mol. The van der Waals surface area contributed by atoms with Crippen molar-refractivity contribution in [1.82, 2.24) is 0 Å². The lowest BCUT2D eigenvalue weighted by Crippen LogP contribution is -2.16. The Balaban J connectivity index is 1.02. The van der Waals surface area contributed by atoms with Crippen molar-refractivity contribution in [3.63, 3.8) is 0 Å². The van der Waals surface area contributed by atoms with E-state index in [1.807, 2.05) is 0 Å². The molecule has 11 rings (SSSR count). The summed E-state index contributed by atoms with van der Waals surface area (Å²) in [6, 6.07) is 76.7. The van der Waals surface area contributed by atoms with Crippen LogP contribution in [0.3, 0.4) is 0 Å². The average molecular weight is 756 g/mol. The molecule has 0 spiro atoms. The molecule has 0 fully saturated rings. The molecule has 1 aliphatic heterocycles. The molecule has 0 saturated heterocycles. The van der Waals surface area contributed by atoms with E-state index in [1.165, 1.54) is 50.1 Å². The molecule has 0 bridgehead atoms. The molecule has 0 unspecified atom stereocenters. The summed E-state index contributed by atoms with van der Waals surface area (Å²) in [4.78, 5) is 2.39. The van der Waals surface area contributed by atoms with Crippen LogP contribution >= 0.6 is 0 Å². The Morgan fingerprint density at radius 3 is 1.56 bits per heavy atom. The number of rotatable bonds is 6. The lowest BCUT2D eigenvalue weighted by atomic mass is 9.82. The molecule has 0 amide bonds. The zero-order chi connectivity index (χ0) is 39.5. The van der Waals surface area contributed by atoms with Crippen molar-refractivity contribution >= 4 is 17.1 Å². The molecule has 2 nitrogen and oxygen atoms in total. The normalized spacial score (nSPS) is 12.8. The molecule has 2 heteroatoms. The summed E-state index contributed by atoms with van der Waals surface area (Å²) in [6.45, 7) is 4.69. The summed E-state index contributed by atoms with van der Waals surface area (Å²) in [6.07, 6.45) is 0. The first-order chi connectivity index (χ1) is 29.0. The van der Waals surface area contributed by atoms with E-state index < -0.39 is 0 Å². The first kappa shape index (κ1) is 34.8. The number of hydrogen-bond acceptors (Lipinski definition) is 2. The van der Waals surface area contributed by atoms with Gasteiger partial charge in [0.05, 0.1) is 0 Å². The number of anilines is 3. The third-order valence-corrected chi connectivity index (χ3v) is 12.3. The average Bonchev–Trinajstić information content (AvgIpc) is 3.42. The van der Waals surface area contributed by atoms with Crippen LogP contribution < -0.4 is 9.64 Å². The molecule has 9 aromatic rings. The third kappa shape index (κ3) is 5.87. The second-order valence-corrected chi connectivity index (χ2v) is 16.1. The van der Waals surface area contributed by atoms with Gasteiger partial charge in [0.1, 0.15) is 11.5 Å². The quantitative estimate of drug-likeness (QED) is 0.168. The monoisotopic (exact) mass is 755 g/mol. The Hall–Kier alpha value is -7.42. The summed E-state index contributed by atoms with van der Waals surface area (Å²) in [5, 5.41) is 0. The van der Waals surface area contributed by atoms with Crippen LogP contribution in [0.15, 0.2) is 212 Å². The molecule has 0 atom stereocenters. The molecular formula is C57H41NO. The van der Waals surface area contributed by atoms with Crippen LogP contribution in [0.4, 0.5) is 17.1 Å². The van der Waals surface area contributed by atoms with E-state index in [1.54, 1.807) is 0 Å². The van der Waals surface area contributed by atoms with E-state index in [-0.39, 0.29) is 5.41 Å². The summed E-state index contributed by atoms with van der Waals surface area (Å²) in [7, 11) is 0. The van der Waals surface area contributed by atoms with Crippen LogP contribution in [-0.2, 0) is 5.41 Å². The van der Waals surface area contributed by atoms with Gasteiger partial charge in [0.15, 0.2) is 0 Å². The standard InChI is InChI=1S/C57H41NO/c1-57(2)53-22-11-9-18-48(53)49-35-33-45(37-54(49)57)58(43-29-24-40(25-30-43)38-14-5-3-6-15-38)44-31-26-41(27-32-44)46-20-13-21-51-47-34-28-42(39-16-7-4-8-17-39)36-52(47)50-19-10-12-23-55(50)59-56(46)51/h3-37H,1-2H3. The Morgan fingerprint density at radius 1 is 0.322 bits per heavy atom. The van der Waals surface area contributed by atoms with Crippen LogP contribution in [0.25, 0.3) is 66.8 Å². The summed E-state index contributed by atoms with van der Waals surface area (Å²) >= 11 is 0. The fourth-order valence-electron chi connectivity index (χ4n) is 9.29. The van der Waals surface area contributed by atoms with Gasteiger partial charge in [-0.1, -0.05) is 178 Å². The first-order valence-electron chi connectivity index (χ1n) is 20.4. The number of ether oxygens (including phenoxy) is 1. The Labute approximate surface area is 346 Å². The molecule has 0 saturated carbocycles. The third-order valence-electron chi connectivity index (χ3n) is 12.3. The highest BCUT2D eigenvalue weighted by molar-refractivity contribution is 5.96. The summed E-state index contributed by atoms with van der Waals surface area (Å²) in [5.41, 5.74) is 20.0.